The number of carboxylic acid groups (broad SMARTS) is 1. The molecule has 1 rings (SSSR count). The van der Waals surface area contributed by atoms with Crippen molar-refractivity contribution in [1.29, 1.82) is 0 Å². The molecule has 0 heterocycles. The molecule has 0 atom stereocenters. The molecule has 0 saturated carbocycles. The molecule has 0 radical (unpaired) electrons. The number of rotatable bonds is 1. The van der Waals surface area contributed by atoms with Crippen molar-refractivity contribution >= 4 is 11.8 Å². The fourth-order valence-electron chi connectivity index (χ4n) is 0.606. The Bertz CT molecular complexity index is 308. The van der Waals surface area contributed by atoms with Gasteiger partial charge in [0.2, 0.25) is 0 Å². The normalized spacial score (nSPS) is 10.4. The van der Waals surface area contributed by atoms with Gasteiger partial charge >= 0.3 is 0 Å². The van der Waals surface area contributed by atoms with Gasteiger partial charge in [0.1, 0.15) is 5.82 Å². The summed E-state index contributed by atoms with van der Waals surface area (Å²) in [5.74, 6) is -0.414. The molecule has 0 aliphatic rings. The van der Waals surface area contributed by atoms with Crippen molar-refractivity contribution in [3.05, 3.63) is 30.1 Å². The van der Waals surface area contributed by atoms with E-state index in [-0.39, 0.29) is 5.69 Å². The maximum absolute atomic E-state index is 12.3. The van der Waals surface area contributed by atoms with Crippen LogP contribution >= 0.6 is 0 Å². The third-order valence-corrected chi connectivity index (χ3v) is 1.07. The molecule has 1 amide bonds. The lowest BCUT2D eigenvalue weighted by Crippen LogP contribution is -2.16. The predicted molar refractivity (Wildman–Crippen MR) is 36.3 cm³/mol. The fourth-order valence-corrected chi connectivity index (χ4v) is 0.606. The van der Waals surface area contributed by atoms with Crippen molar-refractivity contribution in [3.8, 4) is 0 Å². The van der Waals surface area contributed by atoms with Gasteiger partial charge in [0, 0.05) is 0 Å². The highest BCUT2D eigenvalue weighted by Gasteiger charge is 1.89. The molecule has 12 heavy (non-hydrogen) atoms. The van der Waals surface area contributed by atoms with Gasteiger partial charge in [-0.3, -0.25) is 0 Å². The van der Waals surface area contributed by atoms with E-state index in [0.717, 1.165) is 12.1 Å². The number of hydrogen-bond acceptors (Lipinski definition) is 3. The van der Waals surface area contributed by atoms with Crippen molar-refractivity contribution in [2.24, 2.45) is 10.2 Å². The Morgan fingerprint density at radius 3 is 2.42 bits per heavy atom. The minimum atomic E-state index is -1.63. The molecular formula is C7H4FN2O2-. The Hall–Kier alpha value is -1.78. The van der Waals surface area contributed by atoms with Crippen LogP contribution in [0.4, 0.5) is 14.9 Å². The maximum Gasteiger partial charge on any atom is 0.185 e. The number of carbonyl (C=O) groups is 1. The standard InChI is InChI=1S/C7H5FN2O2/c8-5-1-3-6(4-2-5)9-10-7(11)12/h1-4H,(H,11,12)/p-1. The van der Waals surface area contributed by atoms with Crippen LogP contribution in [-0.4, -0.2) is 6.09 Å². The monoisotopic (exact) mass is 167 g/mol. The molecule has 0 spiro atoms. The van der Waals surface area contributed by atoms with Crippen LogP contribution < -0.4 is 5.11 Å². The minimum Gasteiger partial charge on any atom is -0.527 e. The SMILES string of the molecule is O=C([O-])N=Nc1ccc(F)cc1. The van der Waals surface area contributed by atoms with Crippen LogP contribution in [0.15, 0.2) is 34.5 Å². The second kappa shape index (κ2) is 3.56. The van der Waals surface area contributed by atoms with E-state index in [0.29, 0.717) is 0 Å². The Morgan fingerprint density at radius 1 is 1.33 bits per heavy atom. The molecular weight excluding hydrogens is 163 g/mol. The third-order valence-electron chi connectivity index (χ3n) is 1.07. The van der Waals surface area contributed by atoms with Gasteiger partial charge in [-0.15, -0.1) is 10.2 Å². The summed E-state index contributed by atoms with van der Waals surface area (Å²) in [6, 6.07) is 4.93. The number of halogens is 1. The van der Waals surface area contributed by atoms with Crippen LogP contribution in [0.25, 0.3) is 0 Å². The van der Waals surface area contributed by atoms with Crippen molar-refractivity contribution in [2.75, 3.05) is 0 Å². The Labute approximate surface area is 67.4 Å². The van der Waals surface area contributed by atoms with Crippen LogP contribution in [0.2, 0.25) is 0 Å². The highest BCUT2D eigenvalue weighted by Crippen LogP contribution is 2.11. The van der Waals surface area contributed by atoms with Gasteiger partial charge in [0.15, 0.2) is 6.09 Å². The van der Waals surface area contributed by atoms with Crippen LogP contribution in [0.1, 0.15) is 0 Å². The zero-order valence-electron chi connectivity index (χ0n) is 5.90. The summed E-state index contributed by atoms with van der Waals surface area (Å²) < 4.78 is 12.3. The van der Waals surface area contributed by atoms with Crippen LogP contribution in [0.3, 0.4) is 0 Å². The van der Waals surface area contributed by atoms with Crippen molar-refractivity contribution in [1.82, 2.24) is 0 Å². The van der Waals surface area contributed by atoms with E-state index in [2.05, 4.69) is 10.2 Å². The molecule has 62 valence electrons. The molecule has 0 fully saturated rings. The van der Waals surface area contributed by atoms with E-state index in [1.807, 2.05) is 0 Å². The van der Waals surface area contributed by atoms with Gasteiger partial charge in [0.05, 0.1) is 5.69 Å². The topological polar surface area (TPSA) is 64.8 Å². The van der Waals surface area contributed by atoms with Gasteiger partial charge < -0.3 is 9.90 Å². The summed E-state index contributed by atoms with van der Waals surface area (Å²) in [7, 11) is 0. The first-order valence-corrected chi connectivity index (χ1v) is 3.07. The quantitative estimate of drug-likeness (QED) is 0.591. The van der Waals surface area contributed by atoms with E-state index in [1.165, 1.54) is 12.1 Å². The van der Waals surface area contributed by atoms with E-state index < -0.39 is 11.9 Å². The average Bonchev–Trinajstić information content (AvgIpc) is 2.03. The minimum absolute atomic E-state index is 0.264. The summed E-state index contributed by atoms with van der Waals surface area (Å²) in [4.78, 5) is 9.79. The molecule has 0 aliphatic carbocycles. The van der Waals surface area contributed by atoms with Gasteiger partial charge in [-0.25, -0.2) is 4.39 Å². The lowest BCUT2D eigenvalue weighted by atomic mass is 10.3. The lowest BCUT2D eigenvalue weighted by Gasteiger charge is -1.91. The van der Waals surface area contributed by atoms with Gasteiger partial charge in [-0.1, -0.05) is 0 Å². The number of nitrogens with zero attached hydrogens (tertiary/aromatic N) is 2. The van der Waals surface area contributed by atoms with Crippen molar-refractivity contribution in [2.45, 2.75) is 0 Å². The van der Waals surface area contributed by atoms with Crippen LogP contribution in [-0.2, 0) is 0 Å². The molecule has 0 aliphatic heterocycles. The van der Waals surface area contributed by atoms with Crippen LogP contribution in [0.5, 0.6) is 0 Å². The van der Waals surface area contributed by atoms with E-state index in [1.54, 1.807) is 0 Å². The number of amides is 1. The first-order valence-electron chi connectivity index (χ1n) is 3.07. The summed E-state index contributed by atoms with van der Waals surface area (Å²) in [6.07, 6.45) is -1.63. The van der Waals surface area contributed by atoms with Crippen molar-refractivity contribution in [3.63, 3.8) is 0 Å². The molecule has 0 N–H and O–H groups in total. The largest absolute Gasteiger partial charge is 0.527 e. The molecule has 0 bridgehead atoms. The molecule has 1 aromatic carbocycles. The van der Waals surface area contributed by atoms with E-state index in [4.69, 9.17) is 0 Å². The Balaban J connectivity index is 2.77. The second-order valence-corrected chi connectivity index (χ2v) is 1.94. The smallest absolute Gasteiger partial charge is 0.185 e. The van der Waals surface area contributed by atoms with Gasteiger partial charge in [-0.2, -0.15) is 0 Å². The molecule has 1 aromatic rings. The van der Waals surface area contributed by atoms with Gasteiger partial charge in [0.25, 0.3) is 0 Å². The zero-order chi connectivity index (χ0) is 8.97. The molecule has 0 aromatic heterocycles. The van der Waals surface area contributed by atoms with Crippen LogP contribution in [0, 0.1) is 5.82 Å². The molecule has 4 nitrogen and oxygen atoms in total. The predicted octanol–water partition coefficient (Wildman–Crippen LogP) is 1.25. The maximum atomic E-state index is 12.3. The first kappa shape index (κ1) is 8.32. The third kappa shape index (κ3) is 2.45. The Kier molecular flexibility index (Phi) is 2.47. The lowest BCUT2D eigenvalue weighted by molar-refractivity contribution is -0.246. The van der Waals surface area contributed by atoms with E-state index in [9.17, 15) is 14.3 Å². The Morgan fingerprint density at radius 2 is 1.92 bits per heavy atom. The second-order valence-electron chi connectivity index (χ2n) is 1.94. The summed E-state index contributed by atoms with van der Waals surface area (Å²) in [5, 5.41) is 15.8. The summed E-state index contributed by atoms with van der Waals surface area (Å²) >= 11 is 0. The molecule has 0 saturated heterocycles. The fraction of sp³-hybridized carbons (Fsp3) is 0. The van der Waals surface area contributed by atoms with Crippen molar-refractivity contribution < 1.29 is 14.3 Å². The highest BCUT2D eigenvalue weighted by molar-refractivity contribution is 5.62. The number of azo groups is 1. The highest BCUT2D eigenvalue weighted by atomic mass is 19.1. The number of hydrogen-bond donors (Lipinski definition) is 0. The molecule has 5 heteroatoms. The number of benzene rings is 1. The zero-order valence-corrected chi connectivity index (χ0v) is 5.90. The molecule has 0 unspecified atom stereocenters. The summed E-state index contributed by atoms with van der Waals surface area (Å²) in [6.45, 7) is 0. The number of carbonyl (C=O) groups excluding carboxylic acids is 1. The van der Waals surface area contributed by atoms with Gasteiger partial charge in [-0.05, 0) is 24.3 Å². The first-order chi connectivity index (χ1) is 5.68. The summed E-state index contributed by atoms with van der Waals surface area (Å²) in [5.41, 5.74) is 0.264. The van der Waals surface area contributed by atoms with E-state index >= 15 is 0 Å². The average molecular weight is 167 g/mol.